The van der Waals surface area contributed by atoms with Crippen LogP contribution in [0.2, 0.25) is 0 Å². The third kappa shape index (κ3) is 4.99. The lowest BCUT2D eigenvalue weighted by molar-refractivity contribution is 0.610. The van der Waals surface area contributed by atoms with Gasteiger partial charge < -0.3 is 10.2 Å². The first-order valence-corrected chi connectivity index (χ1v) is 8.63. The maximum Gasteiger partial charge on any atom is 0.226 e. The van der Waals surface area contributed by atoms with E-state index in [9.17, 15) is 4.39 Å². The van der Waals surface area contributed by atoms with E-state index < -0.39 is 0 Å². The summed E-state index contributed by atoms with van der Waals surface area (Å²) >= 11 is 0. The number of aromatic nitrogens is 3. The molecule has 2 aromatic heterocycles. The van der Waals surface area contributed by atoms with Gasteiger partial charge in [0, 0.05) is 38.7 Å². The Kier molecular flexibility index (Phi) is 6.09. The van der Waals surface area contributed by atoms with E-state index in [0.29, 0.717) is 24.5 Å². The predicted molar refractivity (Wildman–Crippen MR) is 102 cm³/mol. The predicted octanol–water partition coefficient (Wildman–Crippen LogP) is 3.34. The third-order valence-corrected chi connectivity index (χ3v) is 4.13. The van der Waals surface area contributed by atoms with Gasteiger partial charge in [-0.05, 0) is 48.2 Å². The Morgan fingerprint density at radius 2 is 1.81 bits per heavy atom. The molecule has 0 bridgehead atoms. The van der Waals surface area contributed by atoms with E-state index in [4.69, 9.17) is 0 Å². The van der Waals surface area contributed by atoms with Crippen molar-refractivity contribution in [3.63, 3.8) is 0 Å². The number of benzene rings is 1. The average molecular weight is 351 g/mol. The number of nitrogens with zero attached hydrogens (tertiary/aromatic N) is 4. The number of hydrogen-bond acceptors (Lipinski definition) is 5. The van der Waals surface area contributed by atoms with Crippen molar-refractivity contribution in [1.29, 1.82) is 0 Å². The zero-order valence-corrected chi connectivity index (χ0v) is 14.8. The van der Waals surface area contributed by atoms with Crippen LogP contribution in [0.1, 0.15) is 11.1 Å². The van der Waals surface area contributed by atoms with E-state index in [1.165, 1.54) is 11.6 Å². The molecule has 3 aromatic rings. The van der Waals surface area contributed by atoms with E-state index >= 15 is 0 Å². The van der Waals surface area contributed by atoms with Gasteiger partial charge in [-0.3, -0.25) is 4.98 Å². The van der Waals surface area contributed by atoms with Crippen LogP contribution in [0.25, 0.3) is 0 Å². The molecule has 3 rings (SSSR count). The Bertz CT molecular complexity index is 825. The van der Waals surface area contributed by atoms with Gasteiger partial charge in [-0.25, -0.2) is 9.37 Å². The normalized spacial score (nSPS) is 10.5. The van der Waals surface area contributed by atoms with Crippen LogP contribution in [-0.4, -0.2) is 35.1 Å². The first kappa shape index (κ1) is 17.8. The standard InChI is InChI=1S/C20H22FN5/c1-26(15-10-16-6-11-22-12-7-16)20-24-14-9-19(25-20)23-13-8-17-4-2-3-5-18(17)21/h2-7,9,11-12,14H,8,10,13,15H2,1H3,(H,23,24,25). The Hall–Kier alpha value is -3.02. The minimum atomic E-state index is -0.173. The van der Waals surface area contributed by atoms with E-state index in [1.807, 2.05) is 36.2 Å². The van der Waals surface area contributed by atoms with Crippen LogP contribution in [0.5, 0.6) is 0 Å². The van der Waals surface area contributed by atoms with Gasteiger partial charge >= 0.3 is 0 Å². The summed E-state index contributed by atoms with van der Waals surface area (Å²) in [6.07, 6.45) is 6.83. The molecule has 2 heterocycles. The number of pyridine rings is 1. The maximum absolute atomic E-state index is 13.6. The van der Waals surface area contributed by atoms with Crippen molar-refractivity contribution in [3.05, 3.63) is 78.0 Å². The van der Waals surface area contributed by atoms with Crippen molar-refractivity contribution in [1.82, 2.24) is 15.0 Å². The highest BCUT2D eigenvalue weighted by molar-refractivity contribution is 5.41. The molecule has 0 atom stereocenters. The molecule has 0 aliphatic carbocycles. The Morgan fingerprint density at radius 3 is 2.62 bits per heavy atom. The van der Waals surface area contributed by atoms with Gasteiger partial charge in [0.25, 0.3) is 0 Å². The molecule has 1 N–H and O–H groups in total. The molecule has 0 fully saturated rings. The maximum atomic E-state index is 13.6. The summed E-state index contributed by atoms with van der Waals surface area (Å²) in [6, 6.07) is 12.7. The molecule has 5 nitrogen and oxygen atoms in total. The summed E-state index contributed by atoms with van der Waals surface area (Å²) in [7, 11) is 1.97. The van der Waals surface area contributed by atoms with Gasteiger partial charge in [-0.2, -0.15) is 4.98 Å². The largest absolute Gasteiger partial charge is 0.370 e. The van der Waals surface area contributed by atoms with Gasteiger partial charge in [-0.15, -0.1) is 0 Å². The van der Waals surface area contributed by atoms with Crippen molar-refractivity contribution < 1.29 is 4.39 Å². The SMILES string of the molecule is CN(CCc1ccncc1)c1nccc(NCCc2ccccc2F)n1. The second-order valence-corrected chi connectivity index (χ2v) is 6.04. The molecule has 1 aromatic carbocycles. The first-order valence-electron chi connectivity index (χ1n) is 8.63. The minimum Gasteiger partial charge on any atom is -0.370 e. The van der Waals surface area contributed by atoms with Crippen LogP contribution >= 0.6 is 0 Å². The lowest BCUT2D eigenvalue weighted by atomic mass is 10.1. The summed E-state index contributed by atoms with van der Waals surface area (Å²) in [4.78, 5) is 14.9. The van der Waals surface area contributed by atoms with E-state index in [-0.39, 0.29) is 5.82 Å². The Morgan fingerprint density at radius 1 is 1.00 bits per heavy atom. The van der Waals surface area contributed by atoms with Gasteiger partial charge in [0.05, 0.1) is 0 Å². The molecule has 0 aliphatic rings. The molecular formula is C20H22FN5. The number of hydrogen-bond donors (Lipinski definition) is 1. The summed E-state index contributed by atoms with van der Waals surface area (Å²) < 4.78 is 13.6. The van der Waals surface area contributed by atoms with Crippen molar-refractivity contribution >= 4 is 11.8 Å². The van der Waals surface area contributed by atoms with E-state index in [2.05, 4.69) is 20.3 Å². The zero-order chi connectivity index (χ0) is 18.2. The highest BCUT2D eigenvalue weighted by Gasteiger charge is 2.06. The second-order valence-electron chi connectivity index (χ2n) is 6.04. The molecule has 0 spiro atoms. The zero-order valence-electron chi connectivity index (χ0n) is 14.8. The quantitative estimate of drug-likeness (QED) is 0.674. The van der Waals surface area contributed by atoms with Gasteiger partial charge in [0.2, 0.25) is 5.95 Å². The van der Waals surface area contributed by atoms with Crippen molar-refractivity contribution in [2.75, 3.05) is 30.4 Å². The van der Waals surface area contributed by atoms with Crippen LogP contribution < -0.4 is 10.2 Å². The van der Waals surface area contributed by atoms with Crippen LogP contribution in [-0.2, 0) is 12.8 Å². The van der Waals surface area contributed by atoms with Crippen molar-refractivity contribution in [3.8, 4) is 0 Å². The lowest BCUT2D eigenvalue weighted by Crippen LogP contribution is -2.23. The Balaban J connectivity index is 1.53. The molecule has 26 heavy (non-hydrogen) atoms. The topological polar surface area (TPSA) is 53.9 Å². The number of anilines is 2. The van der Waals surface area contributed by atoms with Gasteiger partial charge in [0.1, 0.15) is 11.6 Å². The second kappa shape index (κ2) is 8.89. The lowest BCUT2D eigenvalue weighted by Gasteiger charge is -2.17. The number of likely N-dealkylation sites (N-methyl/N-ethyl adjacent to an activating group) is 1. The number of halogens is 1. The first-order chi connectivity index (χ1) is 12.7. The molecule has 0 unspecified atom stereocenters. The summed E-state index contributed by atoms with van der Waals surface area (Å²) in [5.41, 5.74) is 1.93. The fourth-order valence-electron chi connectivity index (χ4n) is 2.60. The van der Waals surface area contributed by atoms with Gasteiger partial charge in [-0.1, -0.05) is 18.2 Å². The minimum absolute atomic E-state index is 0.173. The number of rotatable bonds is 8. The number of nitrogens with one attached hydrogen (secondary N) is 1. The van der Waals surface area contributed by atoms with Crippen LogP contribution in [0.15, 0.2) is 61.1 Å². The van der Waals surface area contributed by atoms with Crippen LogP contribution in [0, 0.1) is 5.82 Å². The fraction of sp³-hybridized carbons (Fsp3) is 0.250. The van der Waals surface area contributed by atoms with Crippen LogP contribution in [0.4, 0.5) is 16.2 Å². The molecule has 0 amide bonds. The smallest absolute Gasteiger partial charge is 0.226 e. The Labute approximate surface area is 153 Å². The molecule has 0 saturated heterocycles. The van der Waals surface area contributed by atoms with Crippen molar-refractivity contribution in [2.24, 2.45) is 0 Å². The molecule has 0 aliphatic heterocycles. The van der Waals surface area contributed by atoms with Gasteiger partial charge in [0.15, 0.2) is 0 Å². The summed E-state index contributed by atoms with van der Waals surface area (Å²) in [5, 5.41) is 3.24. The van der Waals surface area contributed by atoms with E-state index in [0.717, 1.165) is 18.8 Å². The van der Waals surface area contributed by atoms with Crippen LogP contribution in [0.3, 0.4) is 0 Å². The molecule has 0 radical (unpaired) electrons. The molecule has 6 heteroatoms. The fourth-order valence-corrected chi connectivity index (χ4v) is 2.60. The molecule has 0 saturated carbocycles. The highest BCUT2D eigenvalue weighted by Crippen LogP contribution is 2.12. The highest BCUT2D eigenvalue weighted by atomic mass is 19.1. The third-order valence-electron chi connectivity index (χ3n) is 4.13. The summed E-state index contributed by atoms with van der Waals surface area (Å²) in [6.45, 7) is 1.42. The molecule has 134 valence electrons. The monoisotopic (exact) mass is 351 g/mol. The average Bonchev–Trinajstić information content (AvgIpc) is 2.69. The van der Waals surface area contributed by atoms with Crippen molar-refractivity contribution in [2.45, 2.75) is 12.8 Å². The summed E-state index contributed by atoms with van der Waals surface area (Å²) in [5.74, 6) is 1.23. The van der Waals surface area contributed by atoms with E-state index in [1.54, 1.807) is 30.7 Å². The molecular weight excluding hydrogens is 329 g/mol.